The first-order chi connectivity index (χ1) is 14.2. The van der Waals surface area contributed by atoms with Crippen LogP contribution in [-0.4, -0.2) is 47.0 Å². The van der Waals surface area contributed by atoms with Gasteiger partial charge in [0.2, 0.25) is 6.79 Å². The minimum Gasteiger partial charge on any atom is -0.454 e. The van der Waals surface area contributed by atoms with E-state index >= 15 is 0 Å². The van der Waals surface area contributed by atoms with Crippen molar-refractivity contribution in [3.8, 4) is 17.6 Å². The molecule has 2 atom stereocenters. The van der Waals surface area contributed by atoms with Crippen LogP contribution < -0.4 is 9.47 Å². The van der Waals surface area contributed by atoms with Crippen LogP contribution in [0.1, 0.15) is 17.0 Å². The minimum atomic E-state index is -1.06. The first-order valence-corrected chi connectivity index (χ1v) is 9.43. The summed E-state index contributed by atoms with van der Waals surface area (Å²) in [6.07, 6.45) is -1.56. The number of likely N-dealkylation sites (tertiary alicyclic amines) is 1. The summed E-state index contributed by atoms with van der Waals surface area (Å²) in [5.74, 6) is 2.10. The second kappa shape index (κ2) is 7.35. The number of rotatable bonds is 5. The molecule has 7 nitrogen and oxygen atoms in total. The number of nitrogens with one attached hydrogen (secondary N) is 1. The maximum atomic E-state index is 14.5. The van der Waals surface area contributed by atoms with Crippen molar-refractivity contribution in [2.45, 2.75) is 25.4 Å². The molecule has 0 unspecified atom stereocenters. The number of nitriles is 1. The number of ether oxygens (including phenoxy) is 3. The van der Waals surface area contributed by atoms with Gasteiger partial charge in [0.05, 0.1) is 22.7 Å². The number of alkyl halides is 1. The van der Waals surface area contributed by atoms with E-state index in [9.17, 15) is 4.39 Å². The fourth-order valence-electron chi connectivity index (χ4n) is 3.78. The number of aromatic nitrogens is 2. The Labute approximate surface area is 166 Å². The highest BCUT2D eigenvalue weighted by molar-refractivity contribution is 5.76. The number of imidazole rings is 1. The number of halogens is 1. The van der Waals surface area contributed by atoms with Gasteiger partial charge in [0.15, 0.2) is 11.5 Å². The number of nitrogens with zero attached hydrogens (tertiary/aromatic N) is 3. The molecule has 29 heavy (non-hydrogen) atoms. The third-order valence-corrected chi connectivity index (χ3v) is 5.21. The standard InChI is InChI=1S/C21H19FN4O3/c22-15-9-26(8-14-2-4-18-19(6-14)29-12-28-18)10-20(15)27-11-21-24-16-3-1-13(7-23)5-17(16)25-21/h1-6,15,20H,8-12H2,(H,24,25)/t15-,20+/m1/s1. The van der Waals surface area contributed by atoms with Gasteiger partial charge in [-0.2, -0.15) is 5.26 Å². The molecule has 0 bridgehead atoms. The predicted molar refractivity (Wildman–Crippen MR) is 102 cm³/mol. The quantitative estimate of drug-likeness (QED) is 0.717. The van der Waals surface area contributed by atoms with Gasteiger partial charge >= 0.3 is 0 Å². The molecule has 1 aromatic heterocycles. The summed E-state index contributed by atoms with van der Waals surface area (Å²) in [6.45, 7) is 1.89. The molecule has 2 aliphatic rings. The van der Waals surface area contributed by atoms with Crippen molar-refractivity contribution in [1.29, 1.82) is 5.26 Å². The van der Waals surface area contributed by atoms with Crippen LogP contribution in [0.2, 0.25) is 0 Å². The average Bonchev–Trinajstić information content (AvgIpc) is 3.43. The van der Waals surface area contributed by atoms with Crippen LogP contribution in [0.5, 0.6) is 11.5 Å². The fraction of sp³-hybridized carbons (Fsp3) is 0.333. The molecule has 1 fully saturated rings. The predicted octanol–water partition coefficient (Wildman–Crippen LogP) is 2.90. The van der Waals surface area contributed by atoms with Crippen molar-refractivity contribution >= 4 is 11.0 Å². The van der Waals surface area contributed by atoms with Crippen LogP contribution in [0.4, 0.5) is 4.39 Å². The van der Waals surface area contributed by atoms with E-state index in [1.165, 1.54) is 0 Å². The molecule has 0 amide bonds. The molecule has 1 saturated heterocycles. The third kappa shape index (κ3) is 3.62. The first kappa shape index (κ1) is 17.9. The summed E-state index contributed by atoms with van der Waals surface area (Å²) in [7, 11) is 0. The van der Waals surface area contributed by atoms with Gasteiger partial charge in [-0.3, -0.25) is 4.90 Å². The van der Waals surface area contributed by atoms with Gasteiger partial charge < -0.3 is 19.2 Å². The molecule has 148 valence electrons. The molecular weight excluding hydrogens is 375 g/mol. The highest BCUT2D eigenvalue weighted by Crippen LogP contribution is 2.33. The molecule has 0 saturated carbocycles. The number of hydrogen-bond acceptors (Lipinski definition) is 6. The molecule has 5 rings (SSSR count). The number of H-pyrrole nitrogens is 1. The Hall–Kier alpha value is -3.15. The number of benzene rings is 2. The summed E-state index contributed by atoms with van der Waals surface area (Å²) in [5.41, 5.74) is 3.14. The van der Waals surface area contributed by atoms with E-state index in [1.807, 2.05) is 23.1 Å². The normalized spacial score (nSPS) is 21.0. The highest BCUT2D eigenvalue weighted by atomic mass is 19.1. The van der Waals surface area contributed by atoms with E-state index < -0.39 is 12.3 Å². The Morgan fingerprint density at radius 3 is 3.00 bits per heavy atom. The molecule has 0 spiro atoms. The smallest absolute Gasteiger partial charge is 0.231 e. The van der Waals surface area contributed by atoms with Crippen molar-refractivity contribution in [3.63, 3.8) is 0 Å². The SMILES string of the molecule is N#Cc1ccc2nc(CO[C@H]3CN(Cc4ccc5c(c4)OCO5)C[C@H]3F)[nH]c2c1. The van der Waals surface area contributed by atoms with Crippen LogP contribution in [0.3, 0.4) is 0 Å². The van der Waals surface area contributed by atoms with Crippen molar-refractivity contribution in [2.24, 2.45) is 0 Å². The summed E-state index contributed by atoms with van der Waals surface area (Å²) in [6, 6.07) is 13.1. The van der Waals surface area contributed by atoms with E-state index in [4.69, 9.17) is 19.5 Å². The highest BCUT2D eigenvalue weighted by Gasteiger charge is 2.34. The summed E-state index contributed by atoms with van der Waals surface area (Å²) < 4.78 is 31.0. The maximum absolute atomic E-state index is 14.5. The largest absolute Gasteiger partial charge is 0.454 e. The maximum Gasteiger partial charge on any atom is 0.231 e. The Morgan fingerprint density at radius 2 is 2.10 bits per heavy atom. The zero-order valence-electron chi connectivity index (χ0n) is 15.6. The van der Waals surface area contributed by atoms with E-state index in [1.54, 1.807) is 18.2 Å². The summed E-state index contributed by atoms with van der Waals surface area (Å²) >= 11 is 0. The minimum absolute atomic E-state index is 0.194. The van der Waals surface area contributed by atoms with Gasteiger partial charge in [-0.05, 0) is 35.9 Å². The van der Waals surface area contributed by atoms with Crippen LogP contribution in [0.15, 0.2) is 36.4 Å². The fourth-order valence-corrected chi connectivity index (χ4v) is 3.78. The molecule has 3 heterocycles. The zero-order valence-corrected chi connectivity index (χ0v) is 15.6. The van der Waals surface area contributed by atoms with E-state index in [0.29, 0.717) is 31.0 Å². The Bertz CT molecular complexity index is 1090. The van der Waals surface area contributed by atoms with E-state index in [-0.39, 0.29) is 13.4 Å². The summed E-state index contributed by atoms with van der Waals surface area (Å²) in [4.78, 5) is 9.61. The van der Waals surface area contributed by atoms with Crippen molar-refractivity contribution in [1.82, 2.24) is 14.9 Å². The number of fused-ring (bicyclic) bond motifs is 2. The number of hydrogen-bond donors (Lipinski definition) is 1. The molecule has 8 heteroatoms. The van der Waals surface area contributed by atoms with Gasteiger partial charge in [0.25, 0.3) is 0 Å². The lowest BCUT2D eigenvalue weighted by molar-refractivity contribution is 0.00863. The third-order valence-electron chi connectivity index (χ3n) is 5.21. The zero-order chi connectivity index (χ0) is 19.8. The molecular formula is C21H19FN4O3. The van der Waals surface area contributed by atoms with Gasteiger partial charge in [-0.15, -0.1) is 0 Å². The first-order valence-electron chi connectivity index (χ1n) is 9.43. The average molecular weight is 394 g/mol. The molecule has 0 aliphatic carbocycles. The Morgan fingerprint density at radius 1 is 1.21 bits per heavy atom. The Kier molecular flexibility index (Phi) is 4.54. The van der Waals surface area contributed by atoms with Gasteiger partial charge in [-0.1, -0.05) is 6.07 Å². The van der Waals surface area contributed by atoms with Crippen molar-refractivity contribution in [3.05, 3.63) is 53.3 Å². The molecule has 2 aliphatic heterocycles. The van der Waals surface area contributed by atoms with Gasteiger partial charge in [-0.25, -0.2) is 9.37 Å². The van der Waals surface area contributed by atoms with E-state index in [2.05, 4.69) is 16.0 Å². The van der Waals surface area contributed by atoms with Crippen molar-refractivity contribution < 1.29 is 18.6 Å². The lowest BCUT2D eigenvalue weighted by Crippen LogP contribution is -2.24. The molecule has 0 radical (unpaired) electrons. The van der Waals surface area contributed by atoms with Crippen LogP contribution >= 0.6 is 0 Å². The molecule has 1 N–H and O–H groups in total. The second-order valence-corrected chi connectivity index (χ2v) is 7.27. The van der Waals surface area contributed by atoms with Crippen LogP contribution in [0.25, 0.3) is 11.0 Å². The lowest BCUT2D eigenvalue weighted by atomic mass is 10.2. The number of aromatic amines is 1. The lowest BCUT2D eigenvalue weighted by Gasteiger charge is -2.16. The summed E-state index contributed by atoms with van der Waals surface area (Å²) in [5, 5.41) is 8.99. The van der Waals surface area contributed by atoms with Crippen molar-refractivity contribution in [2.75, 3.05) is 19.9 Å². The molecule has 3 aromatic rings. The van der Waals surface area contributed by atoms with E-state index in [0.717, 1.165) is 28.1 Å². The van der Waals surface area contributed by atoms with Crippen LogP contribution in [0, 0.1) is 11.3 Å². The Balaban J connectivity index is 1.20. The van der Waals surface area contributed by atoms with Crippen LogP contribution in [-0.2, 0) is 17.9 Å². The molecule has 2 aromatic carbocycles. The second-order valence-electron chi connectivity index (χ2n) is 7.27. The topological polar surface area (TPSA) is 83.4 Å². The van der Waals surface area contributed by atoms with Gasteiger partial charge in [0.1, 0.15) is 24.7 Å². The van der Waals surface area contributed by atoms with Gasteiger partial charge in [0, 0.05) is 19.6 Å². The monoisotopic (exact) mass is 394 g/mol.